The predicted molar refractivity (Wildman–Crippen MR) is 128 cm³/mol. The van der Waals surface area contributed by atoms with E-state index in [9.17, 15) is 17.6 Å². The smallest absolute Gasteiger partial charge is 0.339 e. The Hall–Kier alpha value is -3.43. The number of carbonyl (C=O) groups excluding carboxylic acids is 1. The summed E-state index contributed by atoms with van der Waals surface area (Å²) < 4.78 is 43.0. The van der Waals surface area contributed by atoms with E-state index in [1.165, 1.54) is 12.1 Å². The lowest BCUT2D eigenvalue weighted by atomic mass is 10.2. The second-order valence-corrected chi connectivity index (χ2v) is 9.55. The Morgan fingerprint density at radius 2 is 1.53 bits per heavy atom. The standard InChI is InChI=1S/C25H28FN3O4S/c1-28(2)16-17-29(25(30)27-18-20-6-4-3-5-7-20)19-21-8-12-23(13-9-21)33-34(31,32)24-14-10-22(26)11-15-24/h3-15H,16-19H2,1-2H3,(H,27,30). The molecule has 0 saturated heterocycles. The number of carbonyl (C=O) groups is 1. The SMILES string of the molecule is CN(C)CCN(Cc1ccc(OS(=O)(=O)c2ccc(F)cc2)cc1)C(=O)NCc1ccccc1. The number of nitrogens with zero attached hydrogens (tertiary/aromatic N) is 2. The van der Waals surface area contributed by atoms with Crippen molar-refractivity contribution in [1.82, 2.24) is 15.1 Å². The van der Waals surface area contributed by atoms with Crippen LogP contribution in [0.1, 0.15) is 11.1 Å². The molecule has 3 aromatic rings. The Bertz CT molecular complexity index is 1170. The number of hydrogen-bond donors (Lipinski definition) is 1. The number of benzene rings is 3. The summed E-state index contributed by atoms with van der Waals surface area (Å²) in [6, 6.07) is 20.4. The molecule has 0 bridgehead atoms. The normalized spacial score (nSPS) is 11.3. The molecule has 0 radical (unpaired) electrons. The molecule has 2 amide bonds. The fraction of sp³-hybridized carbons (Fsp3) is 0.240. The zero-order valence-corrected chi connectivity index (χ0v) is 20.0. The minimum atomic E-state index is -4.08. The van der Waals surface area contributed by atoms with Crippen LogP contribution in [0, 0.1) is 5.82 Å². The Morgan fingerprint density at radius 1 is 0.882 bits per heavy atom. The van der Waals surface area contributed by atoms with Crippen molar-refractivity contribution in [3.63, 3.8) is 0 Å². The molecular weight excluding hydrogens is 457 g/mol. The summed E-state index contributed by atoms with van der Waals surface area (Å²) in [5.74, 6) is -0.406. The summed E-state index contributed by atoms with van der Waals surface area (Å²) in [5, 5.41) is 2.95. The number of amides is 2. The lowest BCUT2D eigenvalue weighted by Gasteiger charge is -2.25. The van der Waals surface area contributed by atoms with Gasteiger partial charge in [-0.1, -0.05) is 42.5 Å². The molecule has 0 atom stereocenters. The molecule has 0 aliphatic heterocycles. The Labute approximate surface area is 199 Å². The van der Waals surface area contributed by atoms with E-state index < -0.39 is 15.9 Å². The summed E-state index contributed by atoms with van der Waals surface area (Å²) in [7, 11) is -0.202. The Morgan fingerprint density at radius 3 is 2.15 bits per heavy atom. The largest absolute Gasteiger partial charge is 0.379 e. The lowest BCUT2D eigenvalue weighted by molar-refractivity contribution is 0.188. The second kappa shape index (κ2) is 11.6. The molecule has 180 valence electrons. The summed E-state index contributed by atoms with van der Waals surface area (Å²) in [5.41, 5.74) is 1.83. The maximum absolute atomic E-state index is 13.1. The highest BCUT2D eigenvalue weighted by molar-refractivity contribution is 7.87. The number of rotatable bonds is 10. The van der Waals surface area contributed by atoms with E-state index in [0.29, 0.717) is 26.2 Å². The number of likely N-dealkylation sites (N-methyl/N-ethyl adjacent to an activating group) is 1. The second-order valence-electron chi connectivity index (χ2n) is 8.00. The van der Waals surface area contributed by atoms with Gasteiger partial charge in [-0.25, -0.2) is 9.18 Å². The number of hydrogen-bond acceptors (Lipinski definition) is 5. The van der Waals surface area contributed by atoms with E-state index in [2.05, 4.69) is 5.32 Å². The van der Waals surface area contributed by atoms with Gasteiger partial charge in [-0.05, 0) is 61.6 Å². The highest BCUT2D eigenvalue weighted by Crippen LogP contribution is 2.20. The van der Waals surface area contributed by atoms with Gasteiger partial charge in [-0.2, -0.15) is 8.42 Å². The van der Waals surface area contributed by atoms with Crippen molar-refractivity contribution in [2.24, 2.45) is 0 Å². The summed E-state index contributed by atoms with van der Waals surface area (Å²) in [6.07, 6.45) is 0. The van der Waals surface area contributed by atoms with E-state index in [-0.39, 0.29) is 16.7 Å². The minimum absolute atomic E-state index is 0.126. The Balaban J connectivity index is 1.65. The van der Waals surface area contributed by atoms with Crippen molar-refractivity contribution >= 4 is 16.1 Å². The van der Waals surface area contributed by atoms with Crippen molar-refractivity contribution in [3.05, 3.63) is 95.8 Å². The first kappa shape index (κ1) is 25.2. The van der Waals surface area contributed by atoms with Gasteiger partial charge < -0.3 is 19.3 Å². The average molecular weight is 486 g/mol. The van der Waals surface area contributed by atoms with Crippen LogP contribution in [0.4, 0.5) is 9.18 Å². The van der Waals surface area contributed by atoms with Crippen LogP contribution in [0.25, 0.3) is 0 Å². The van der Waals surface area contributed by atoms with E-state index in [4.69, 9.17) is 4.18 Å². The first-order valence-corrected chi connectivity index (χ1v) is 12.1. The third-order valence-corrected chi connectivity index (χ3v) is 6.26. The molecule has 0 heterocycles. The number of nitrogens with one attached hydrogen (secondary N) is 1. The minimum Gasteiger partial charge on any atom is -0.379 e. The van der Waals surface area contributed by atoms with Crippen molar-refractivity contribution in [1.29, 1.82) is 0 Å². The summed E-state index contributed by atoms with van der Waals surface area (Å²) >= 11 is 0. The molecule has 0 aliphatic carbocycles. The predicted octanol–water partition coefficient (Wildman–Crippen LogP) is 3.87. The van der Waals surface area contributed by atoms with Crippen molar-refractivity contribution in [2.75, 3.05) is 27.2 Å². The van der Waals surface area contributed by atoms with E-state index in [1.807, 2.05) is 49.3 Å². The van der Waals surface area contributed by atoms with Gasteiger partial charge in [0.15, 0.2) is 0 Å². The van der Waals surface area contributed by atoms with Gasteiger partial charge in [0.2, 0.25) is 0 Å². The van der Waals surface area contributed by atoms with Gasteiger partial charge >= 0.3 is 16.1 Å². The van der Waals surface area contributed by atoms with E-state index >= 15 is 0 Å². The van der Waals surface area contributed by atoms with Crippen molar-refractivity contribution in [3.8, 4) is 5.75 Å². The molecule has 0 fully saturated rings. The third-order valence-electron chi connectivity index (χ3n) is 5.00. The first-order chi connectivity index (χ1) is 16.2. The van der Waals surface area contributed by atoms with Gasteiger partial charge in [0.25, 0.3) is 0 Å². The molecule has 0 aromatic heterocycles. The summed E-state index contributed by atoms with van der Waals surface area (Å²) in [6.45, 7) is 1.98. The molecule has 1 N–H and O–H groups in total. The van der Waals surface area contributed by atoms with E-state index in [1.54, 1.807) is 17.0 Å². The van der Waals surface area contributed by atoms with Crippen LogP contribution >= 0.6 is 0 Å². The van der Waals surface area contributed by atoms with Gasteiger partial charge in [-0.3, -0.25) is 0 Å². The molecule has 7 nitrogen and oxygen atoms in total. The number of urea groups is 1. The van der Waals surface area contributed by atoms with Crippen LogP contribution in [0.2, 0.25) is 0 Å². The monoisotopic (exact) mass is 485 g/mol. The highest BCUT2D eigenvalue weighted by atomic mass is 32.2. The molecule has 3 aromatic carbocycles. The average Bonchev–Trinajstić information content (AvgIpc) is 2.82. The van der Waals surface area contributed by atoms with Gasteiger partial charge in [0.1, 0.15) is 16.5 Å². The van der Waals surface area contributed by atoms with Crippen LogP contribution in [-0.2, 0) is 23.2 Å². The fourth-order valence-electron chi connectivity index (χ4n) is 3.11. The first-order valence-electron chi connectivity index (χ1n) is 10.7. The molecule has 0 unspecified atom stereocenters. The topological polar surface area (TPSA) is 79.0 Å². The van der Waals surface area contributed by atoms with Crippen molar-refractivity contribution in [2.45, 2.75) is 18.0 Å². The van der Waals surface area contributed by atoms with Gasteiger partial charge in [-0.15, -0.1) is 0 Å². The van der Waals surface area contributed by atoms with Crippen LogP contribution in [0.5, 0.6) is 5.75 Å². The molecule has 0 spiro atoms. The van der Waals surface area contributed by atoms with Crippen molar-refractivity contribution < 1.29 is 21.8 Å². The molecule has 34 heavy (non-hydrogen) atoms. The zero-order valence-electron chi connectivity index (χ0n) is 19.1. The fourth-order valence-corrected chi connectivity index (χ4v) is 4.04. The lowest BCUT2D eigenvalue weighted by Crippen LogP contribution is -2.42. The zero-order chi connectivity index (χ0) is 24.6. The van der Waals surface area contributed by atoms with Crippen LogP contribution in [-0.4, -0.2) is 51.4 Å². The van der Waals surface area contributed by atoms with Gasteiger partial charge in [0.05, 0.1) is 0 Å². The highest BCUT2D eigenvalue weighted by Gasteiger charge is 2.18. The molecular formula is C25H28FN3O4S. The molecule has 3 rings (SSSR count). The van der Waals surface area contributed by atoms with Crippen LogP contribution < -0.4 is 9.50 Å². The summed E-state index contributed by atoms with van der Waals surface area (Å²) in [4.78, 5) is 16.4. The third kappa shape index (κ3) is 7.57. The molecule has 0 saturated carbocycles. The Kier molecular flexibility index (Phi) is 8.61. The molecule has 0 aliphatic rings. The molecule has 9 heteroatoms. The maximum Gasteiger partial charge on any atom is 0.339 e. The maximum atomic E-state index is 13.1. The van der Waals surface area contributed by atoms with E-state index in [0.717, 1.165) is 35.4 Å². The van der Waals surface area contributed by atoms with Crippen LogP contribution in [0.3, 0.4) is 0 Å². The number of halogens is 1. The quantitative estimate of drug-likeness (QED) is 0.441. The van der Waals surface area contributed by atoms with Crippen LogP contribution in [0.15, 0.2) is 83.8 Å². The van der Waals surface area contributed by atoms with Gasteiger partial charge in [0, 0.05) is 26.2 Å².